The van der Waals surface area contributed by atoms with Gasteiger partial charge in [0.2, 0.25) is 0 Å². The van der Waals surface area contributed by atoms with E-state index in [0.717, 1.165) is 30.4 Å². The molecule has 7 nitrogen and oxygen atoms in total. The van der Waals surface area contributed by atoms with Crippen LogP contribution in [0.4, 0.5) is 0 Å². The molecular weight excluding hydrogens is 532 g/mol. The van der Waals surface area contributed by atoms with Gasteiger partial charge in [-0.1, -0.05) is 18.2 Å². The molecule has 0 radical (unpaired) electrons. The van der Waals surface area contributed by atoms with E-state index in [1.165, 1.54) is 50.2 Å². The number of aromatic nitrogens is 5. The third kappa shape index (κ3) is 6.27. The fraction of sp³-hybridized carbons (Fsp3) is 0.278. The molecule has 0 amide bonds. The summed E-state index contributed by atoms with van der Waals surface area (Å²) in [5.74, 6) is 2.79. The Labute approximate surface area is 254 Å². The van der Waals surface area contributed by atoms with Gasteiger partial charge in [0.1, 0.15) is 24.0 Å². The van der Waals surface area contributed by atoms with Crippen molar-refractivity contribution in [3.63, 3.8) is 0 Å². The van der Waals surface area contributed by atoms with E-state index >= 15 is 0 Å². The molecule has 0 aliphatic carbocycles. The molecule has 0 unspecified atom stereocenters. The minimum atomic E-state index is 0.678. The Morgan fingerprint density at radius 3 is 1.91 bits per heavy atom. The Morgan fingerprint density at radius 2 is 1.28 bits per heavy atom. The summed E-state index contributed by atoms with van der Waals surface area (Å²) < 4.78 is 12.4. The normalized spacial score (nSPS) is 11.6. The molecule has 4 heterocycles. The quantitative estimate of drug-likeness (QED) is 0.181. The van der Waals surface area contributed by atoms with Crippen molar-refractivity contribution in [2.45, 2.75) is 40.7 Å². The maximum Gasteiger partial charge on any atom is 0.139 e. The van der Waals surface area contributed by atoms with Crippen LogP contribution < -0.4 is 4.74 Å². The standard InChI is InChI=1S/C36H40N6O/c1-25-7-8-26(2)41(25)35-19-30(20-36(38-35)42-27(3)9-10-28(42)4)17-31-22-37-40(24-31)23-29-11-12-33-21-34(14-13-32(33)18-29)43-16-15-39(5)6/h7-14,18-22,24H,15-17,23H2,1-6H3. The van der Waals surface area contributed by atoms with E-state index < -0.39 is 0 Å². The van der Waals surface area contributed by atoms with Gasteiger partial charge in [0.05, 0.1) is 12.7 Å². The summed E-state index contributed by atoms with van der Waals surface area (Å²) in [6, 6.07) is 25.9. The molecule has 0 atom stereocenters. The summed E-state index contributed by atoms with van der Waals surface area (Å²) in [6.45, 7) is 10.8. The average Bonchev–Trinajstić information content (AvgIpc) is 3.66. The predicted octanol–water partition coefficient (Wildman–Crippen LogP) is 6.83. The van der Waals surface area contributed by atoms with E-state index in [2.05, 4.69) is 135 Å². The summed E-state index contributed by atoms with van der Waals surface area (Å²) in [6.07, 6.45) is 4.91. The third-order valence-corrected chi connectivity index (χ3v) is 7.98. The zero-order chi connectivity index (χ0) is 30.1. The molecule has 0 aliphatic rings. The number of ether oxygens (including phenoxy) is 1. The zero-order valence-corrected chi connectivity index (χ0v) is 26.0. The van der Waals surface area contributed by atoms with Crippen LogP contribution in [0.15, 0.2) is 85.2 Å². The van der Waals surface area contributed by atoms with Crippen LogP contribution in [0.2, 0.25) is 0 Å². The first-order chi connectivity index (χ1) is 20.7. The Hall–Kier alpha value is -4.62. The number of hydrogen-bond acceptors (Lipinski definition) is 4. The first kappa shape index (κ1) is 28.5. The number of fused-ring (bicyclic) bond motifs is 1. The first-order valence-electron chi connectivity index (χ1n) is 14.9. The highest BCUT2D eigenvalue weighted by molar-refractivity contribution is 5.84. The van der Waals surface area contributed by atoms with Crippen LogP contribution in [-0.4, -0.2) is 56.0 Å². The Kier molecular flexibility index (Phi) is 7.91. The van der Waals surface area contributed by atoms with Crippen molar-refractivity contribution in [2.75, 3.05) is 27.2 Å². The SMILES string of the molecule is Cc1ccc(C)n1-c1cc(Cc2cnn(Cc3ccc4cc(OCCN(C)C)ccc4c3)c2)cc(-n2c(C)ccc2C)n1. The van der Waals surface area contributed by atoms with Crippen molar-refractivity contribution < 1.29 is 4.74 Å². The van der Waals surface area contributed by atoms with Crippen molar-refractivity contribution >= 4 is 10.8 Å². The molecule has 0 aliphatic heterocycles. The number of rotatable bonds is 10. The lowest BCUT2D eigenvalue weighted by Gasteiger charge is -2.15. The number of likely N-dealkylation sites (N-methyl/N-ethyl adjacent to an activating group) is 1. The number of nitrogens with zero attached hydrogens (tertiary/aromatic N) is 6. The van der Waals surface area contributed by atoms with Crippen LogP contribution in [0.5, 0.6) is 5.75 Å². The molecule has 6 rings (SSSR count). The lowest BCUT2D eigenvalue weighted by atomic mass is 10.1. The van der Waals surface area contributed by atoms with Crippen molar-refractivity contribution in [3.8, 4) is 17.4 Å². The van der Waals surface area contributed by atoms with Gasteiger partial charge in [-0.3, -0.25) is 4.68 Å². The monoisotopic (exact) mass is 572 g/mol. The zero-order valence-electron chi connectivity index (χ0n) is 26.0. The summed E-state index contributed by atoms with van der Waals surface area (Å²) in [5.41, 5.74) is 8.28. The lowest BCUT2D eigenvalue weighted by Crippen LogP contribution is -2.19. The van der Waals surface area contributed by atoms with Crippen LogP contribution in [0.1, 0.15) is 39.5 Å². The highest BCUT2D eigenvalue weighted by Crippen LogP contribution is 2.25. The van der Waals surface area contributed by atoms with E-state index in [9.17, 15) is 0 Å². The molecule has 0 fully saturated rings. The van der Waals surface area contributed by atoms with Gasteiger partial charge in [0.15, 0.2) is 0 Å². The topological polar surface area (TPSA) is 53.0 Å². The van der Waals surface area contributed by atoms with Crippen molar-refractivity contribution in [1.29, 1.82) is 0 Å². The molecule has 4 aromatic heterocycles. The van der Waals surface area contributed by atoms with Crippen LogP contribution in [0.3, 0.4) is 0 Å². The van der Waals surface area contributed by atoms with E-state index in [-0.39, 0.29) is 0 Å². The number of pyridine rings is 1. The minimum Gasteiger partial charge on any atom is -0.492 e. The highest BCUT2D eigenvalue weighted by atomic mass is 16.5. The van der Waals surface area contributed by atoms with Crippen molar-refractivity contribution in [1.82, 2.24) is 28.8 Å². The second-order valence-corrected chi connectivity index (χ2v) is 11.8. The molecule has 2 aromatic carbocycles. The number of benzene rings is 2. The maximum atomic E-state index is 5.92. The Morgan fingerprint density at radius 1 is 0.674 bits per heavy atom. The van der Waals surface area contributed by atoms with Gasteiger partial charge < -0.3 is 18.8 Å². The first-order valence-corrected chi connectivity index (χ1v) is 14.9. The van der Waals surface area contributed by atoms with Gasteiger partial charge in [0, 0.05) is 41.9 Å². The number of aryl methyl sites for hydroxylation is 4. The van der Waals surface area contributed by atoms with E-state index in [4.69, 9.17) is 14.8 Å². The molecule has 0 saturated carbocycles. The van der Waals surface area contributed by atoms with Gasteiger partial charge in [-0.25, -0.2) is 4.98 Å². The van der Waals surface area contributed by atoms with Crippen LogP contribution in [0.25, 0.3) is 22.4 Å². The molecule has 0 N–H and O–H groups in total. The fourth-order valence-electron chi connectivity index (χ4n) is 5.76. The van der Waals surface area contributed by atoms with Crippen LogP contribution >= 0.6 is 0 Å². The highest BCUT2D eigenvalue weighted by Gasteiger charge is 2.13. The molecule has 7 heteroatoms. The van der Waals surface area contributed by atoms with Gasteiger partial charge >= 0.3 is 0 Å². The largest absolute Gasteiger partial charge is 0.492 e. The molecule has 43 heavy (non-hydrogen) atoms. The van der Waals surface area contributed by atoms with E-state index in [1.807, 2.05) is 10.9 Å². The van der Waals surface area contributed by atoms with Crippen LogP contribution in [-0.2, 0) is 13.0 Å². The second-order valence-electron chi connectivity index (χ2n) is 11.8. The van der Waals surface area contributed by atoms with Crippen LogP contribution in [0, 0.1) is 27.7 Å². The molecule has 0 spiro atoms. The van der Waals surface area contributed by atoms with Crippen molar-refractivity contribution in [2.24, 2.45) is 0 Å². The maximum absolute atomic E-state index is 5.92. The Balaban J connectivity index is 1.22. The summed E-state index contributed by atoms with van der Waals surface area (Å²) >= 11 is 0. The molecular formula is C36H40N6O. The van der Waals surface area contributed by atoms with Crippen molar-refractivity contribution in [3.05, 3.63) is 125 Å². The summed E-state index contributed by atoms with van der Waals surface area (Å²) in [5, 5.41) is 7.10. The average molecular weight is 573 g/mol. The second kappa shape index (κ2) is 11.9. The lowest BCUT2D eigenvalue weighted by molar-refractivity contribution is 0.261. The molecule has 0 saturated heterocycles. The summed E-state index contributed by atoms with van der Waals surface area (Å²) in [7, 11) is 4.11. The van der Waals surface area contributed by atoms with Gasteiger partial charge in [-0.15, -0.1) is 0 Å². The van der Waals surface area contributed by atoms with E-state index in [0.29, 0.717) is 13.2 Å². The fourth-order valence-corrected chi connectivity index (χ4v) is 5.76. The smallest absolute Gasteiger partial charge is 0.139 e. The minimum absolute atomic E-state index is 0.678. The van der Waals surface area contributed by atoms with Gasteiger partial charge in [0.25, 0.3) is 0 Å². The predicted molar refractivity (Wildman–Crippen MR) is 174 cm³/mol. The van der Waals surface area contributed by atoms with Gasteiger partial charge in [-0.05, 0) is 124 Å². The summed E-state index contributed by atoms with van der Waals surface area (Å²) in [4.78, 5) is 7.23. The van der Waals surface area contributed by atoms with Gasteiger partial charge in [-0.2, -0.15) is 5.10 Å². The third-order valence-electron chi connectivity index (χ3n) is 7.98. The number of hydrogen-bond donors (Lipinski definition) is 0. The molecule has 6 aromatic rings. The molecule has 220 valence electrons. The van der Waals surface area contributed by atoms with E-state index in [1.54, 1.807) is 0 Å². The Bertz CT molecular complexity index is 1790. The molecule has 0 bridgehead atoms.